The first-order valence-electron chi connectivity index (χ1n) is 8.27. The van der Waals surface area contributed by atoms with E-state index in [4.69, 9.17) is 9.26 Å². The fourth-order valence-electron chi connectivity index (χ4n) is 2.46. The Kier molecular flexibility index (Phi) is 5.77. The second kappa shape index (κ2) is 7.63. The quantitative estimate of drug-likeness (QED) is 0.814. The van der Waals surface area contributed by atoms with Gasteiger partial charge in [0.2, 0.25) is 0 Å². The number of halogens is 1. The second-order valence-corrected chi connectivity index (χ2v) is 6.84. The standard InChI is InChI=1S/C18H24FN3O3/c1-6-22(18(3,4)5)17(23)24-12(2)11-15-20-16(25-21-15)13-7-9-14(19)10-8-13/h7-10,12H,6,11H2,1-5H3/t12-/m0/s1. The highest BCUT2D eigenvalue weighted by Gasteiger charge is 2.27. The van der Waals surface area contributed by atoms with Gasteiger partial charge >= 0.3 is 6.09 Å². The van der Waals surface area contributed by atoms with Gasteiger partial charge in [0.25, 0.3) is 5.89 Å². The SMILES string of the molecule is CCN(C(=O)O[C@@H](C)Cc1noc(-c2ccc(F)cc2)n1)C(C)(C)C. The van der Waals surface area contributed by atoms with Crippen LogP contribution in [0.2, 0.25) is 0 Å². The van der Waals surface area contributed by atoms with Gasteiger partial charge in [-0.2, -0.15) is 4.98 Å². The summed E-state index contributed by atoms with van der Waals surface area (Å²) in [6.07, 6.45) is -0.440. The van der Waals surface area contributed by atoms with Gasteiger partial charge in [0.1, 0.15) is 11.9 Å². The molecular weight excluding hydrogens is 325 g/mol. The Bertz CT molecular complexity index is 707. The lowest BCUT2D eigenvalue weighted by Gasteiger charge is -2.34. The number of carbonyl (C=O) groups excluding carboxylic acids is 1. The van der Waals surface area contributed by atoms with Crippen LogP contribution < -0.4 is 0 Å². The van der Waals surface area contributed by atoms with Crippen molar-refractivity contribution in [3.8, 4) is 11.5 Å². The molecule has 136 valence electrons. The predicted molar refractivity (Wildman–Crippen MR) is 91.5 cm³/mol. The monoisotopic (exact) mass is 349 g/mol. The number of benzene rings is 1. The van der Waals surface area contributed by atoms with Crippen LogP contribution in [0.25, 0.3) is 11.5 Å². The predicted octanol–water partition coefficient (Wildman–Crippen LogP) is 4.06. The van der Waals surface area contributed by atoms with E-state index in [0.29, 0.717) is 30.2 Å². The molecule has 0 saturated carbocycles. The largest absolute Gasteiger partial charge is 0.446 e. The third-order valence-electron chi connectivity index (χ3n) is 3.68. The average molecular weight is 349 g/mol. The normalized spacial score (nSPS) is 12.7. The van der Waals surface area contributed by atoms with Crippen molar-refractivity contribution in [3.05, 3.63) is 35.9 Å². The van der Waals surface area contributed by atoms with Crippen molar-refractivity contribution in [3.63, 3.8) is 0 Å². The number of ether oxygens (including phenoxy) is 1. The minimum atomic E-state index is -0.400. The summed E-state index contributed by atoms with van der Waals surface area (Å²) >= 11 is 0. The zero-order chi connectivity index (χ0) is 18.6. The Hall–Kier alpha value is -2.44. The number of nitrogens with zero attached hydrogens (tertiary/aromatic N) is 3. The summed E-state index contributed by atoms with van der Waals surface area (Å²) in [5.74, 6) is 0.403. The van der Waals surface area contributed by atoms with Gasteiger partial charge in [0.05, 0.1) is 0 Å². The first-order valence-corrected chi connectivity index (χ1v) is 8.27. The summed E-state index contributed by atoms with van der Waals surface area (Å²) in [5, 5.41) is 3.89. The van der Waals surface area contributed by atoms with Crippen LogP contribution in [0.1, 0.15) is 40.4 Å². The summed E-state index contributed by atoms with van der Waals surface area (Å²) < 4.78 is 23.6. The fourth-order valence-corrected chi connectivity index (χ4v) is 2.46. The van der Waals surface area contributed by atoms with Crippen LogP contribution in [0.15, 0.2) is 28.8 Å². The summed E-state index contributed by atoms with van der Waals surface area (Å²) in [6.45, 7) is 10.1. The maximum absolute atomic E-state index is 13.0. The zero-order valence-electron chi connectivity index (χ0n) is 15.2. The average Bonchev–Trinajstić information content (AvgIpc) is 2.95. The molecule has 2 aromatic rings. The molecule has 1 amide bonds. The number of amides is 1. The third-order valence-corrected chi connectivity index (χ3v) is 3.68. The minimum absolute atomic E-state index is 0.304. The highest BCUT2D eigenvalue weighted by Crippen LogP contribution is 2.19. The van der Waals surface area contributed by atoms with Crippen LogP contribution in [0, 0.1) is 5.82 Å². The summed E-state index contributed by atoms with van der Waals surface area (Å²) in [5.41, 5.74) is 0.322. The Morgan fingerprint density at radius 1 is 1.32 bits per heavy atom. The molecule has 0 bridgehead atoms. The fraction of sp³-hybridized carbons (Fsp3) is 0.500. The van der Waals surface area contributed by atoms with Crippen molar-refractivity contribution in [1.29, 1.82) is 0 Å². The first kappa shape index (κ1) is 18.9. The van der Waals surface area contributed by atoms with E-state index < -0.39 is 6.10 Å². The minimum Gasteiger partial charge on any atom is -0.446 e. The maximum atomic E-state index is 13.0. The van der Waals surface area contributed by atoms with Gasteiger partial charge in [0, 0.05) is 24.1 Å². The van der Waals surface area contributed by atoms with Crippen molar-refractivity contribution in [2.45, 2.75) is 52.7 Å². The van der Waals surface area contributed by atoms with E-state index in [-0.39, 0.29) is 17.4 Å². The molecule has 1 aromatic carbocycles. The molecular formula is C18H24FN3O3. The van der Waals surface area contributed by atoms with Crippen LogP contribution in [0.3, 0.4) is 0 Å². The van der Waals surface area contributed by atoms with Crippen molar-refractivity contribution in [2.24, 2.45) is 0 Å². The molecule has 0 aliphatic carbocycles. The molecule has 0 aliphatic rings. The lowest BCUT2D eigenvalue weighted by atomic mass is 10.1. The van der Waals surface area contributed by atoms with E-state index in [9.17, 15) is 9.18 Å². The number of hydrogen-bond donors (Lipinski definition) is 0. The number of carbonyl (C=O) groups is 1. The Morgan fingerprint density at radius 3 is 2.52 bits per heavy atom. The highest BCUT2D eigenvalue weighted by atomic mass is 19.1. The van der Waals surface area contributed by atoms with Gasteiger partial charge in [-0.25, -0.2) is 9.18 Å². The van der Waals surface area contributed by atoms with Crippen molar-refractivity contribution < 1.29 is 18.4 Å². The van der Waals surface area contributed by atoms with E-state index in [1.54, 1.807) is 24.0 Å². The van der Waals surface area contributed by atoms with E-state index in [2.05, 4.69) is 10.1 Å². The molecule has 0 unspecified atom stereocenters. The molecule has 0 saturated heterocycles. The van der Waals surface area contributed by atoms with Crippen LogP contribution in [-0.2, 0) is 11.2 Å². The molecule has 2 rings (SSSR count). The van der Waals surface area contributed by atoms with Gasteiger partial charge in [-0.15, -0.1) is 0 Å². The summed E-state index contributed by atoms with van der Waals surface area (Å²) in [7, 11) is 0. The Labute approximate surface area is 147 Å². The van der Waals surface area contributed by atoms with E-state index in [1.165, 1.54) is 12.1 Å². The lowest BCUT2D eigenvalue weighted by molar-refractivity contribution is 0.0445. The van der Waals surface area contributed by atoms with Crippen molar-refractivity contribution in [2.75, 3.05) is 6.54 Å². The smallest absolute Gasteiger partial charge is 0.410 e. The molecule has 25 heavy (non-hydrogen) atoms. The van der Waals surface area contributed by atoms with Gasteiger partial charge in [0.15, 0.2) is 5.82 Å². The molecule has 1 heterocycles. The van der Waals surface area contributed by atoms with E-state index >= 15 is 0 Å². The molecule has 0 N–H and O–H groups in total. The van der Waals surface area contributed by atoms with E-state index in [1.807, 2.05) is 27.7 Å². The maximum Gasteiger partial charge on any atom is 0.410 e. The van der Waals surface area contributed by atoms with Crippen LogP contribution in [0.5, 0.6) is 0 Å². The van der Waals surface area contributed by atoms with Crippen LogP contribution >= 0.6 is 0 Å². The molecule has 0 radical (unpaired) electrons. The van der Waals surface area contributed by atoms with Crippen molar-refractivity contribution in [1.82, 2.24) is 15.0 Å². The molecule has 1 atom stereocenters. The molecule has 0 fully saturated rings. The van der Waals surface area contributed by atoms with Gasteiger partial charge < -0.3 is 14.2 Å². The number of hydrogen-bond acceptors (Lipinski definition) is 5. The third kappa shape index (κ3) is 5.01. The van der Waals surface area contributed by atoms with Crippen LogP contribution in [-0.4, -0.2) is 39.3 Å². The highest BCUT2D eigenvalue weighted by molar-refractivity contribution is 5.68. The van der Waals surface area contributed by atoms with Gasteiger partial charge in [-0.05, 0) is 58.9 Å². The van der Waals surface area contributed by atoms with Crippen molar-refractivity contribution >= 4 is 6.09 Å². The van der Waals surface area contributed by atoms with Gasteiger partial charge in [-0.1, -0.05) is 5.16 Å². The molecule has 6 nitrogen and oxygen atoms in total. The van der Waals surface area contributed by atoms with Crippen LogP contribution in [0.4, 0.5) is 9.18 Å². The molecule has 0 aliphatic heterocycles. The summed E-state index contributed by atoms with van der Waals surface area (Å²) in [4.78, 5) is 18.2. The zero-order valence-corrected chi connectivity index (χ0v) is 15.2. The number of rotatable bonds is 5. The van der Waals surface area contributed by atoms with E-state index in [0.717, 1.165) is 0 Å². The number of aromatic nitrogens is 2. The second-order valence-electron chi connectivity index (χ2n) is 6.84. The topological polar surface area (TPSA) is 68.5 Å². The molecule has 0 spiro atoms. The van der Waals surface area contributed by atoms with Gasteiger partial charge in [-0.3, -0.25) is 0 Å². The Balaban J connectivity index is 1.98. The first-order chi connectivity index (χ1) is 11.7. The Morgan fingerprint density at radius 2 is 1.96 bits per heavy atom. The summed E-state index contributed by atoms with van der Waals surface area (Å²) in [6, 6.07) is 5.79. The molecule has 7 heteroatoms. The lowest BCUT2D eigenvalue weighted by Crippen LogP contribution is -2.46. The molecule has 1 aromatic heterocycles.